The molecule has 0 aromatic heterocycles. The number of carbonyl (C=O) groups excluding carboxylic acids is 2. The van der Waals surface area contributed by atoms with E-state index in [0.717, 1.165) is 11.1 Å². The van der Waals surface area contributed by atoms with Gasteiger partial charge in [0.1, 0.15) is 19.0 Å². The topological polar surface area (TPSA) is 85.9 Å². The van der Waals surface area contributed by atoms with Crippen molar-refractivity contribution in [3.05, 3.63) is 47.5 Å². The molecule has 0 saturated carbocycles. The van der Waals surface area contributed by atoms with E-state index in [0.29, 0.717) is 36.1 Å². The average Bonchev–Trinajstić information content (AvgIpc) is 2.67. The molecule has 0 saturated heterocycles. The van der Waals surface area contributed by atoms with Crippen molar-refractivity contribution in [2.75, 3.05) is 31.7 Å². The van der Waals surface area contributed by atoms with Gasteiger partial charge >= 0.3 is 0 Å². The van der Waals surface area contributed by atoms with E-state index in [-0.39, 0.29) is 25.0 Å². The highest BCUT2D eigenvalue weighted by Crippen LogP contribution is 2.32. The summed E-state index contributed by atoms with van der Waals surface area (Å²) < 4.78 is 16.3. The summed E-state index contributed by atoms with van der Waals surface area (Å²) in [7, 11) is 0. The number of amides is 2. The predicted molar refractivity (Wildman–Crippen MR) is 100 cm³/mol. The van der Waals surface area contributed by atoms with Crippen molar-refractivity contribution in [2.45, 2.75) is 13.8 Å². The van der Waals surface area contributed by atoms with Crippen molar-refractivity contribution in [2.24, 2.45) is 0 Å². The van der Waals surface area contributed by atoms with Crippen LogP contribution < -0.4 is 24.8 Å². The van der Waals surface area contributed by atoms with E-state index in [4.69, 9.17) is 14.2 Å². The maximum Gasteiger partial charge on any atom is 0.258 e. The second-order valence-corrected chi connectivity index (χ2v) is 6.22. The molecule has 0 spiro atoms. The van der Waals surface area contributed by atoms with Crippen molar-refractivity contribution in [3.63, 3.8) is 0 Å². The van der Waals surface area contributed by atoms with Crippen molar-refractivity contribution >= 4 is 17.5 Å². The average molecular weight is 370 g/mol. The first-order chi connectivity index (χ1) is 13.0. The molecule has 0 aliphatic carbocycles. The standard InChI is InChI=1S/C20H22N2O5/c1-13-3-5-16(9-14(13)2)27-12-20(24)21-11-19(23)22-15-4-6-17-18(10-15)26-8-7-25-17/h3-6,9-10H,7-8,11-12H2,1-2H3,(H,21,24)(H,22,23). The van der Waals surface area contributed by atoms with Crippen LogP contribution in [0.3, 0.4) is 0 Å². The number of aryl methyl sites for hydroxylation is 2. The van der Waals surface area contributed by atoms with E-state index in [2.05, 4.69) is 10.6 Å². The first-order valence-electron chi connectivity index (χ1n) is 8.67. The molecule has 0 unspecified atom stereocenters. The molecule has 1 aliphatic rings. The lowest BCUT2D eigenvalue weighted by molar-refractivity contribution is -0.125. The van der Waals surface area contributed by atoms with Crippen LogP contribution in [0.2, 0.25) is 0 Å². The van der Waals surface area contributed by atoms with Crippen LogP contribution in [-0.4, -0.2) is 38.2 Å². The largest absolute Gasteiger partial charge is 0.486 e. The molecular weight excluding hydrogens is 348 g/mol. The van der Waals surface area contributed by atoms with Crippen LogP contribution in [0.4, 0.5) is 5.69 Å². The molecule has 7 nitrogen and oxygen atoms in total. The molecule has 2 N–H and O–H groups in total. The van der Waals surface area contributed by atoms with Crippen molar-refractivity contribution in [3.8, 4) is 17.2 Å². The number of fused-ring (bicyclic) bond motifs is 1. The fraction of sp³-hybridized carbons (Fsp3) is 0.300. The second-order valence-electron chi connectivity index (χ2n) is 6.22. The summed E-state index contributed by atoms with van der Waals surface area (Å²) in [6, 6.07) is 10.8. The maximum absolute atomic E-state index is 12.0. The van der Waals surface area contributed by atoms with Crippen molar-refractivity contribution < 1.29 is 23.8 Å². The van der Waals surface area contributed by atoms with E-state index < -0.39 is 0 Å². The summed E-state index contributed by atoms with van der Waals surface area (Å²) in [5.74, 6) is 1.15. The minimum absolute atomic E-state index is 0.149. The summed E-state index contributed by atoms with van der Waals surface area (Å²) in [6.45, 7) is 4.66. The summed E-state index contributed by atoms with van der Waals surface area (Å²) in [5, 5.41) is 5.23. The zero-order valence-corrected chi connectivity index (χ0v) is 15.3. The Morgan fingerprint density at radius 2 is 1.74 bits per heavy atom. The Morgan fingerprint density at radius 1 is 0.963 bits per heavy atom. The number of hydrogen-bond acceptors (Lipinski definition) is 5. The highest BCUT2D eigenvalue weighted by molar-refractivity contribution is 5.95. The fourth-order valence-electron chi connectivity index (χ4n) is 2.51. The highest BCUT2D eigenvalue weighted by atomic mass is 16.6. The Labute approximate surface area is 157 Å². The molecule has 2 aromatic carbocycles. The van der Waals surface area contributed by atoms with Crippen molar-refractivity contribution in [1.82, 2.24) is 5.32 Å². The van der Waals surface area contributed by atoms with Gasteiger partial charge in [-0.3, -0.25) is 9.59 Å². The number of anilines is 1. The van der Waals surface area contributed by atoms with Crippen LogP contribution in [0, 0.1) is 13.8 Å². The Kier molecular flexibility index (Phi) is 5.80. The summed E-state index contributed by atoms with van der Waals surface area (Å²) in [4.78, 5) is 23.9. The quantitative estimate of drug-likeness (QED) is 0.814. The molecule has 1 heterocycles. The third-order valence-corrected chi connectivity index (χ3v) is 4.12. The van der Waals surface area contributed by atoms with Gasteiger partial charge in [0.05, 0.1) is 6.54 Å². The van der Waals surface area contributed by atoms with E-state index in [9.17, 15) is 9.59 Å². The minimum atomic E-state index is -0.370. The predicted octanol–water partition coefficient (Wildman–Crippen LogP) is 2.21. The molecule has 1 aliphatic heterocycles. The van der Waals surface area contributed by atoms with E-state index >= 15 is 0 Å². The van der Waals surface area contributed by atoms with Gasteiger partial charge in [0.25, 0.3) is 5.91 Å². The molecule has 2 aromatic rings. The Hall–Kier alpha value is -3.22. The summed E-state index contributed by atoms with van der Waals surface area (Å²) in [6.07, 6.45) is 0. The Balaban J connectivity index is 1.43. The van der Waals surface area contributed by atoms with Crippen LogP contribution in [-0.2, 0) is 9.59 Å². The van der Waals surface area contributed by atoms with Gasteiger partial charge in [-0.25, -0.2) is 0 Å². The second kappa shape index (κ2) is 8.44. The van der Waals surface area contributed by atoms with Crippen molar-refractivity contribution in [1.29, 1.82) is 0 Å². The Morgan fingerprint density at radius 3 is 2.52 bits per heavy atom. The zero-order chi connectivity index (χ0) is 19.2. The van der Waals surface area contributed by atoms with Crippen LogP contribution in [0.1, 0.15) is 11.1 Å². The number of rotatable bonds is 6. The van der Waals surface area contributed by atoms with Gasteiger partial charge in [0.2, 0.25) is 5.91 Å². The van der Waals surface area contributed by atoms with Gasteiger partial charge in [-0.05, 0) is 49.2 Å². The summed E-state index contributed by atoms with van der Waals surface area (Å²) >= 11 is 0. The first kappa shape index (κ1) is 18.6. The monoisotopic (exact) mass is 370 g/mol. The van der Waals surface area contributed by atoms with Gasteiger partial charge in [-0.2, -0.15) is 0 Å². The molecule has 27 heavy (non-hydrogen) atoms. The van der Waals surface area contributed by atoms with E-state index in [1.54, 1.807) is 18.2 Å². The number of nitrogens with one attached hydrogen (secondary N) is 2. The molecule has 0 atom stereocenters. The highest BCUT2D eigenvalue weighted by Gasteiger charge is 2.13. The smallest absolute Gasteiger partial charge is 0.258 e. The molecule has 7 heteroatoms. The lowest BCUT2D eigenvalue weighted by atomic mass is 10.1. The van der Waals surface area contributed by atoms with Gasteiger partial charge in [-0.1, -0.05) is 6.07 Å². The van der Waals surface area contributed by atoms with E-state index in [1.165, 1.54) is 0 Å². The molecule has 0 bridgehead atoms. The summed E-state index contributed by atoms with van der Waals surface area (Å²) in [5.41, 5.74) is 2.82. The van der Waals surface area contributed by atoms with Gasteiger partial charge < -0.3 is 24.8 Å². The minimum Gasteiger partial charge on any atom is -0.486 e. The number of benzene rings is 2. The number of ether oxygens (including phenoxy) is 3. The van der Waals surface area contributed by atoms with E-state index in [1.807, 2.05) is 32.0 Å². The molecule has 142 valence electrons. The first-order valence-corrected chi connectivity index (χ1v) is 8.67. The third-order valence-electron chi connectivity index (χ3n) is 4.12. The normalized spacial score (nSPS) is 12.2. The third kappa shape index (κ3) is 5.13. The zero-order valence-electron chi connectivity index (χ0n) is 15.3. The maximum atomic E-state index is 12.0. The van der Waals surface area contributed by atoms with Gasteiger partial charge in [0.15, 0.2) is 18.1 Å². The Bertz CT molecular complexity index is 850. The molecule has 3 rings (SSSR count). The van der Waals surface area contributed by atoms with Crippen LogP contribution in [0.15, 0.2) is 36.4 Å². The lowest BCUT2D eigenvalue weighted by Gasteiger charge is -2.19. The molecule has 0 fully saturated rings. The number of hydrogen-bond donors (Lipinski definition) is 2. The SMILES string of the molecule is Cc1ccc(OCC(=O)NCC(=O)Nc2ccc3c(c2)OCCO3)cc1C. The molecule has 0 radical (unpaired) electrons. The van der Waals surface area contributed by atoms with Gasteiger partial charge in [-0.15, -0.1) is 0 Å². The van der Waals surface area contributed by atoms with Crippen LogP contribution in [0.25, 0.3) is 0 Å². The molecule has 2 amide bonds. The number of carbonyl (C=O) groups is 2. The van der Waals surface area contributed by atoms with Gasteiger partial charge in [0, 0.05) is 11.8 Å². The molecular formula is C20H22N2O5. The van der Waals surface area contributed by atoms with Crippen LogP contribution >= 0.6 is 0 Å². The lowest BCUT2D eigenvalue weighted by Crippen LogP contribution is -2.35. The van der Waals surface area contributed by atoms with Crippen LogP contribution in [0.5, 0.6) is 17.2 Å². The fourth-order valence-corrected chi connectivity index (χ4v) is 2.51.